The zero-order valence-corrected chi connectivity index (χ0v) is 16.6. The first-order valence-electron chi connectivity index (χ1n) is 9.18. The third kappa shape index (κ3) is 4.92. The molecule has 0 unspecified atom stereocenters. The van der Waals surface area contributed by atoms with Crippen LogP contribution in [0.4, 0.5) is 4.39 Å². The first-order valence-corrected chi connectivity index (χ1v) is 9.55. The van der Waals surface area contributed by atoms with Gasteiger partial charge < -0.3 is 14.5 Å². The maximum absolute atomic E-state index is 14.1. The summed E-state index contributed by atoms with van der Waals surface area (Å²) in [7, 11) is 0. The van der Waals surface area contributed by atoms with Crippen LogP contribution in [0.15, 0.2) is 42.5 Å². The maximum Gasteiger partial charge on any atom is 0.308 e. The lowest BCUT2D eigenvalue weighted by atomic mass is 10.1. The van der Waals surface area contributed by atoms with Crippen molar-refractivity contribution >= 4 is 29.4 Å². The number of benzene rings is 2. The van der Waals surface area contributed by atoms with Crippen LogP contribution in [0.2, 0.25) is 5.02 Å². The van der Waals surface area contributed by atoms with Crippen LogP contribution in [0.3, 0.4) is 0 Å². The Bertz CT molecular complexity index is 930. The Labute approximate surface area is 172 Å². The molecule has 1 fully saturated rings. The van der Waals surface area contributed by atoms with E-state index < -0.39 is 17.7 Å². The van der Waals surface area contributed by atoms with Crippen LogP contribution in [0.5, 0.6) is 5.75 Å². The molecule has 2 amide bonds. The molecule has 0 N–H and O–H groups in total. The van der Waals surface area contributed by atoms with E-state index in [0.29, 0.717) is 37.4 Å². The van der Waals surface area contributed by atoms with E-state index in [1.807, 2.05) is 0 Å². The second-order valence-electron chi connectivity index (χ2n) is 6.66. The predicted octanol–water partition coefficient (Wildman–Crippen LogP) is 3.39. The van der Waals surface area contributed by atoms with Gasteiger partial charge in [0, 0.05) is 38.7 Å². The maximum atomic E-state index is 14.1. The monoisotopic (exact) mass is 418 g/mol. The van der Waals surface area contributed by atoms with Gasteiger partial charge in [0.25, 0.3) is 11.8 Å². The van der Waals surface area contributed by atoms with Crippen molar-refractivity contribution in [3.63, 3.8) is 0 Å². The number of carbonyl (C=O) groups is 3. The Morgan fingerprint density at radius 3 is 2.28 bits per heavy atom. The zero-order valence-electron chi connectivity index (χ0n) is 15.9. The van der Waals surface area contributed by atoms with E-state index in [1.54, 1.807) is 23.1 Å². The van der Waals surface area contributed by atoms with Crippen molar-refractivity contribution in [1.82, 2.24) is 9.80 Å². The number of esters is 1. The molecule has 1 aliphatic rings. The topological polar surface area (TPSA) is 66.9 Å². The van der Waals surface area contributed by atoms with E-state index in [2.05, 4.69) is 0 Å². The van der Waals surface area contributed by atoms with Gasteiger partial charge in [-0.25, -0.2) is 4.39 Å². The van der Waals surface area contributed by atoms with E-state index in [9.17, 15) is 18.8 Å². The summed E-state index contributed by atoms with van der Waals surface area (Å²) in [5, 5.41) is 0.0643. The molecule has 0 spiro atoms. The molecule has 0 atom stereocenters. The highest BCUT2D eigenvalue weighted by Crippen LogP contribution is 2.22. The van der Waals surface area contributed by atoms with E-state index in [0.717, 1.165) is 0 Å². The molecule has 0 aromatic heterocycles. The lowest BCUT2D eigenvalue weighted by Gasteiger charge is -2.23. The molecule has 2 aromatic rings. The Balaban J connectivity index is 1.70. The van der Waals surface area contributed by atoms with Gasteiger partial charge in [-0.3, -0.25) is 14.4 Å². The lowest BCUT2D eigenvalue weighted by Crippen LogP contribution is -2.37. The van der Waals surface area contributed by atoms with E-state index >= 15 is 0 Å². The summed E-state index contributed by atoms with van der Waals surface area (Å²) in [5.74, 6) is -1.55. The normalized spacial score (nSPS) is 14.3. The van der Waals surface area contributed by atoms with Gasteiger partial charge in [0.15, 0.2) is 0 Å². The van der Waals surface area contributed by atoms with Gasteiger partial charge >= 0.3 is 5.97 Å². The number of nitrogens with zero attached hydrogens (tertiary/aromatic N) is 2. The van der Waals surface area contributed by atoms with Crippen molar-refractivity contribution in [2.24, 2.45) is 0 Å². The quantitative estimate of drug-likeness (QED) is 0.566. The van der Waals surface area contributed by atoms with Crippen molar-refractivity contribution < 1.29 is 23.5 Å². The van der Waals surface area contributed by atoms with Crippen LogP contribution in [0.1, 0.15) is 34.1 Å². The van der Waals surface area contributed by atoms with Gasteiger partial charge in [0.1, 0.15) is 11.6 Å². The van der Waals surface area contributed by atoms with Crippen LogP contribution in [-0.4, -0.2) is 53.8 Å². The van der Waals surface area contributed by atoms with E-state index in [1.165, 1.54) is 36.1 Å². The van der Waals surface area contributed by atoms with Gasteiger partial charge in [-0.1, -0.05) is 23.7 Å². The van der Waals surface area contributed by atoms with Gasteiger partial charge in [-0.2, -0.15) is 0 Å². The molecular weight excluding hydrogens is 399 g/mol. The number of rotatable bonds is 3. The highest BCUT2D eigenvalue weighted by Gasteiger charge is 2.26. The minimum absolute atomic E-state index is 0.0643. The molecule has 1 aliphatic heterocycles. The third-order valence-corrected chi connectivity index (χ3v) is 4.90. The average Bonchev–Trinajstić information content (AvgIpc) is 2.93. The summed E-state index contributed by atoms with van der Waals surface area (Å²) in [6.45, 7) is 2.69. The van der Waals surface area contributed by atoms with Crippen LogP contribution >= 0.6 is 11.6 Å². The zero-order chi connectivity index (χ0) is 21.0. The number of hydrogen-bond donors (Lipinski definition) is 0. The number of ether oxygens (including phenoxy) is 1. The fourth-order valence-corrected chi connectivity index (χ4v) is 3.47. The number of amides is 2. The van der Waals surface area contributed by atoms with E-state index in [-0.39, 0.29) is 23.0 Å². The molecule has 8 heteroatoms. The number of hydrogen-bond acceptors (Lipinski definition) is 4. The SMILES string of the molecule is CC(=O)Oc1cccc(C(=O)N2CCCN(C(=O)c3c(F)cccc3Cl)CC2)c1. The molecule has 152 valence electrons. The summed E-state index contributed by atoms with van der Waals surface area (Å²) in [4.78, 5) is 39.8. The van der Waals surface area contributed by atoms with Crippen molar-refractivity contribution in [3.05, 3.63) is 64.4 Å². The number of carbonyl (C=O) groups excluding carboxylic acids is 3. The molecule has 2 aromatic carbocycles. The van der Waals surface area contributed by atoms with Gasteiger partial charge in [-0.15, -0.1) is 0 Å². The molecule has 3 rings (SSSR count). The minimum atomic E-state index is -0.665. The first kappa shape index (κ1) is 20.8. The van der Waals surface area contributed by atoms with Gasteiger partial charge in [-0.05, 0) is 36.8 Å². The summed E-state index contributed by atoms with van der Waals surface area (Å²) < 4.78 is 19.1. The van der Waals surface area contributed by atoms with Crippen LogP contribution in [-0.2, 0) is 4.79 Å². The molecule has 0 radical (unpaired) electrons. The van der Waals surface area contributed by atoms with Gasteiger partial charge in [0.05, 0.1) is 10.6 Å². The van der Waals surface area contributed by atoms with Crippen LogP contribution in [0, 0.1) is 5.82 Å². The second-order valence-corrected chi connectivity index (χ2v) is 7.06. The van der Waals surface area contributed by atoms with Crippen molar-refractivity contribution in [2.45, 2.75) is 13.3 Å². The molecule has 6 nitrogen and oxygen atoms in total. The standard InChI is InChI=1S/C21H20ClFN2O4/c1-14(26)29-16-6-2-5-15(13-16)20(27)24-9-4-10-25(12-11-24)21(28)19-17(22)7-3-8-18(19)23/h2-3,5-8,13H,4,9-12H2,1H3. The van der Waals surface area contributed by atoms with Crippen molar-refractivity contribution in [3.8, 4) is 5.75 Å². The van der Waals surface area contributed by atoms with Crippen LogP contribution < -0.4 is 4.74 Å². The predicted molar refractivity (Wildman–Crippen MR) is 106 cm³/mol. The molecule has 1 heterocycles. The Morgan fingerprint density at radius 2 is 1.62 bits per heavy atom. The van der Waals surface area contributed by atoms with Crippen molar-refractivity contribution in [1.29, 1.82) is 0 Å². The largest absolute Gasteiger partial charge is 0.427 e. The third-order valence-electron chi connectivity index (χ3n) is 4.59. The molecular formula is C21H20ClFN2O4. The smallest absolute Gasteiger partial charge is 0.308 e. The van der Waals surface area contributed by atoms with Crippen molar-refractivity contribution in [2.75, 3.05) is 26.2 Å². The second kappa shape index (κ2) is 9.05. The summed E-state index contributed by atoms with van der Waals surface area (Å²) in [5.41, 5.74) is 0.240. The molecule has 29 heavy (non-hydrogen) atoms. The summed E-state index contributed by atoms with van der Waals surface area (Å²) >= 11 is 6.01. The highest BCUT2D eigenvalue weighted by atomic mass is 35.5. The number of halogens is 2. The van der Waals surface area contributed by atoms with Crippen LogP contribution in [0.25, 0.3) is 0 Å². The fourth-order valence-electron chi connectivity index (χ4n) is 3.23. The average molecular weight is 419 g/mol. The summed E-state index contributed by atoms with van der Waals surface area (Å²) in [6.07, 6.45) is 0.549. The Morgan fingerprint density at radius 1 is 0.966 bits per heavy atom. The Kier molecular flexibility index (Phi) is 6.49. The first-order chi connectivity index (χ1) is 13.9. The molecule has 0 saturated carbocycles. The molecule has 0 aliphatic carbocycles. The van der Waals surface area contributed by atoms with Gasteiger partial charge in [0.2, 0.25) is 0 Å². The lowest BCUT2D eigenvalue weighted by molar-refractivity contribution is -0.131. The highest BCUT2D eigenvalue weighted by molar-refractivity contribution is 6.33. The molecule has 0 bridgehead atoms. The minimum Gasteiger partial charge on any atom is -0.427 e. The summed E-state index contributed by atoms with van der Waals surface area (Å²) in [6, 6.07) is 10.5. The van der Waals surface area contributed by atoms with E-state index in [4.69, 9.17) is 16.3 Å². The fraction of sp³-hybridized carbons (Fsp3) is 0.286. The molecule has 1 saturated heterocycles. The Hall–Kier alpha value is -2.93.